The molecule has 2 aromatic carbocycles. The van der Waals surface area contributed by atoms with E-state index in [0.717, 1.165) is 16.7 Å². The average Bonchev–Trinajstić information content (AvgIpc) is 2.80. The maximum atomic E-state index is 12.8. The maximum absolute atomic E-state index is 12.8. The molecule has 0 spiro atoms. The summed E-state index contributed by atoms with van der Waals surface area (Å²) in [6, 6.07) is 8.31. The monoisotopic (exact) mass is 472 g/mol. The number of phenolic OH excluding ortho intramolecular Hbond substituents is 1. The molecule has 0 aliphatic carbocycles. The number of aliphatic hydroxyl groups is 1. The quantitative estimate of drug-likeness (QED) is 0.237. The third-order valence-electron chi connectivity index (χ3n) is 5.53. The highest BCUT2D eigenvalue weighted by Crippen LogP contribution is 2.27. The van der Waals surface area contributed by atoms with Crippen LogP contribution in [0, 0.1) is 13.8 Å². The van der Waals surface area contributed by atoms with Gasteiger partial charge in [-0.15, -0.1) is 0 Å². The van der Waals surface area contributed by atoms with E-state index in [2.05, 4.69) is 10.6 Å². The minimum atomic E-state index is -1.28. The summed E-state index contributed by atoms with van der Waals surface area (Å²) in [7, 11) is 0. The molecule has 0 fully saturated rings. The van der Waals surface area contributed by atoms with Gasteiger partial charge < -0.3 is 37.4 Å². The van der Waals surface area contributed by atoms with Gasteiger partial charge in [0.2, 0.25) is 11.8 Å². The largest absolute Gasteiger partial charge is 0.508 e. The molecule has 34 heavy (non-hydrogen) atoms. The molecule has 2 rings (SSSR count). The number of carbonyl (C=O) groups is 3. The highest BCUT2D eigenvalue weighted by Gasteiger charge is 2.28. The number of hydrogen-bond acceptors (Lipinski definition) is 7. The van der Waals surface area contributed by atoms with Crippen molar-refractivity contribution in [2.45, 2.75) is 44.9 Å². The van der Waals surface area contributed by atoms with E-state index in [9.17, 15) is 29.7 Å². The van der Waals surface area contributed by atoms with Gasteiger partial charge in [0.25, 0.3) is 0 Å². The van der Waals surface area contributed by atoms with Crippen molar-refractivity contribution >= 4 is 17.8 Å². The molecule has 0 saturated heterocycles. The van der Waals surface area contributed by atoms with Crippen molar-refractivity contribution in [3.63, 3.8) is 0 Å². The Hall–Kier alpha value is -3.47. The first-order valence-corrected chi connectivity index (χ1v) is 10.9. The molecule has 10 nitrogen and oxygen atoms in total. The molecule has 9 N–H and O–H groups in total. The summed E-state index contributed by atoms with van der Waals surface area (Å²) in [5.74, 6) is -2.45. The Morgan fingerprint density at radius 2 is 1.59 bits per heavy atom. The van der Waals surface area contributed by atoms with Crippen LogP contribution in [0.25, 0.3) is 11.1 Å². The second kappa shape index (κ2) is 12.1. The Labute approximate surface area is 198 Å². The standard InChI is InChI=1S/C24H32N4O6/c1-13-3-4-16(15-5-6-21(30)14(2)7-15)8-17(13)9-20(24(33)34)28-23(32)19(10-18(29)11-25)27-22(31)12-26/h3-8,18-20,29-30H,9-12,25-26H2,1-2H3,(H,27,31)(H,28,32)(H,33,34)/t18-,19+,20+/m1/s1. The SMILES string of the molecule is Cc1cc(-c2ccc(C)c(C[C@H](NC(=O)[C@H](C[C@@H](O)CN)NC(=O)CN)C(=O)O)c2)ccc1O. The third kappa shape index (κ3) is 7.27. The fraction of sp³-hybridized carbons (Fsp3) is 0.375. The van der Waals surface area contributed by atoms with Crippen LogP contribution >= 0.6 is 0 Å². The van der Waals surface area contributed by atoms with E-state index < -0.39 is 36.0 Å². The van der Waals surface area contributed by atoms with Crippen LogP contribution < -0.4 is 22.1 Å². The van der Waals surface area contributed by atoms with Crippen molar-refractivity contribution in [1.82, 2.24) is 10.6 Å². The zero-order chi connectivity index (χ0) is 25.4. The smallest absolute Gasteiger partial charge is 0.326 e. The van der Waals surface area contributed by atoms with E-state index in [0.29, 0.717) is 11.1 Å². The topological polar surface area (TPSA) is 188 Å². The van der Waals surface area contributed by atoms with Gasteiger partial charge in [0.15, 0.2) is 0 Å². The van der Waals surface area contributed by atoms with Crippen LogP contribution in [0.3, 0.4) is 0 Å². The summed E-state index contributed by atoms with van der Waals surface area (Å²) in [5, 5.41) is 34.2. The van der Waals surface area contributed by atoms with E-state index >= 15 is 0 Å². The van der Waals surface area contributed by atoms with E-state index in [1.807, 2.05) is 31.2 Å². The van der Waals surface area contributed by atoms with Gasteiger partial charge in [-0.3, -0.25) is 9.59 Å². The first-order chi connectivity index (χ1) is 16.0. The van der Waals surface area contributed by atoms with Gasteiger partial charge in [-0.1, -0.05) is 24.3 Å². The molecule has 0 aromatic heterocycles. The lowest BCUT2D eigenvalue weighted by Gasteiger charge is -2.23. The highest BCUT2D eigenvalue weighted by molar-refractivity contribution is 5.91. The van der Waals surface area contributed by atoms with Gasteiger partial charge in [-0.25, -0.2) is 4.79 Å². The predicted molar refractivity (Wildman–Crippen MR) is 127 cm³/mol. The number of aromatic hydroxyl groups is 1. The van der Waals surface area contributed by atoms with E-state index in [1.165, 1.54) is 0 Å². The van der Waals surface area contributed by atoms with Crippen molar-refractivity contribution < 1.29 is 29.7 Å². The average molecular weight is 473 g/mol. The number of aliphatic hydroxyl groups excluding tert-OH is 1. The van der Waals surface area contributed by atoms with Crippen LogP contribution in [0.2, 0.25) is 0 Å². The van der Waals surface area contributed by atoms with Crippen molar-refractivity contribution in [2.75, 3.05) is 13.1 Å². The molecule has 10 heteroatoms. The maximum Gasteiger partial charge on any atom is 0.326 e. The Kier molecular flexibility index (Phi) is 9.55. The van der Waals surface area contributed by atoms with Crippen LogP contribution in [0.1, 0.15) is 23.1 Å². The second-order valence-corrected chi connectivity index (χ2v) is 8.20. The first kappa shape index (κ1) is 26.8. The number of carboxylic acid groups (broad SMARTS) is 1. The molecule has 3 atom stereocenters. The molecule has 2 amide bonds. The fourth-order valence-electron chi connectivity index (χ4n) is 3.45. The summed E-state index contributed by atoms with van der Waals surface area (Å²) < 4.78 is 0. The normalized spacial score (nSPS) is 13.6. The number of hydrogen-bond donors (Lipinski definition) is 7. The zero-order valence-corrected chi connectivity index (χ0v) is 19.2. The van der Waals surface area contributed by atoms with Gasteiger partial charge in [-0.2, -0.15) is 0 Å². The molecular formula is C24H32N4O6. The van der Waals surface area contributed by atoms with Gasteiger partial charge in [-0.05, 0) is 53.8 Å². The van der Waals surface area contributed by atoms with E-state index in [1.54, 1.807) is 19.1 Å². The minimum Gasteiger partial charge on any atom is -0.508 e. The molecule has 0 saturated carbocycles. The Bertz CT molecular complexity index is 1040. The molecule has 0 aliphatic rings. The zero-order valence-electron chi connectivity index (χ0n) is 19.2. The van der Waals surface area contributed by atoms with Gasteiger partial charge in [0.1, 0.15) is 17.8 Å². The number of phenols is 1. The fourth-order valence-corrected chi connectivity index (χ4v) is 3.45. The van der Waals surface area contributed by atoms with Gasteiger partial charge >= 0.3 is 5.97 Å². The number of rotatable bonds is 11. The molecule has 184 valence electrons. The lowest BCUT2D eigenvalue weighted by molar-refractivity contribution is -0.142. The molecule has 0 heterocycles. The van der Waals surface area contributed by atoms with Crippen molar-refractivity contribution in [2.24, 2.45) is 11.5 Å². The minimum absolute atomic E-state index is 0.00515. The molecule has 0 radical (unpaired) electrons. The molecule has 0 bridgehead atoms. The number of aryl methyl sites for hydroxylation is 2. The molecule has 2 aromatic rings. The lowest BCUT2D eigenvalue weighted by atomic mass is 9.94. The number of nitrogens with two attached hydrogens (primary N) is 2. The van der Waals surface area contributed by atoms with Crippen LogP contribution in [0.4, 0.5) is 0 Å². The van der Waals surface area contributed by atoms with Gasteiger partial charge in [0.05, 0.1) is 12.6 Å². The Balaban J connectivity index is 2.26. The number of benzene rings is 2. The summed E-state index contributed by atoms with van der Waals surface area (Å²) >= 11 is 0. The summed E-state index contributed by atoms with van der Waals surface area (Å²) in [5.41, 5.74) is 14.6. The summed E-state index contributed by atoms with van der Waals surface area (Å²) in [4.78, 5) is 36.4. The number of carbonyl (C=O) groups excluding carboxylic acids is 2. The summed E-state index contributed by atoms with van der Waals surface area (Å²) in [6.07, 6.45) is -1.26. The Morgan fingerprint density at radius 3 is 2.18 bits per heavy atom. The van der Waals surface area contributed by atoms with Crippen LogP contribution in [-0.2, 0) is 20.8 Å². The molecular weight excluding hydrogens is 440 g/mol. The molecule has 0 aliphatic heterocycles. The van der Waals surface area contributed by atoms with E-state index in [-0.39, 0.29) is 31.7 Å². The second-order valence-electron chi connectivity index (χ2n) is 8.20. The van der Waals surface area contributed by atoms with Crippen molar-refractivity contribution in [3.05, 3.63) is 53.1 Å². The predicted octanol–water partition coefficient (Wildman–Crippen LogP) is -0.0589. The van der Waals surface area contributed by atoms with Crippen molar-refractivity contribution in [1.29, 1.82) is 0 Å². The molecule has 0 unspecified atom stereocenters. The lowest BCUT2D eigenvalue weighted by Crippen LogP contribution is -2.54. The Morgan fingerprint density at radius 1 is 0.941 bits per heavy atom. The highest BCUT2D eigenvalue weighted by atomic mass is 16.4. The first-order valence-electron chi connectivity index (χ1n) is 10.9. The van der Waals surface area contributed by atoms with E-state index in [4.69, 9.17) is 11.5 Å². The number of aliphatic carboxylic acids is 1. The number of carboxylic acids is 1. The van der Waals surface area contributed by atoms with Crippen molar-refractivity contribution in [3.8, 4) is 16.9 Å². The summed E-state index contributed by atoms with van der Waals surface area (Å²) in [6.45, 7) is 3.12. The van der Waals surface area contributed by atoms with Crippen LogP contribution in [0.5, 0.6) is 5.75 Å². The van der Waals surface area contributed by atoms with Gasteiger partial charge in [0, 0.05) is 19.4 Å². The van der Waals surface area contributed by atoms with Crippen LogP contribution in [-0.4, -0.2) is 64.4 Å². The third-order valence-corrected chi connectivity index (χ3v) is 5.53. The number of amides is 2. The van der Waals surface area contributed by atoms with Crippen LogP contribution in [0.15, 0.2) is 36.4 Å². The number of nitrogens with one attached hydrogen (secondary N) is 2.